The van der Waals surface area contributed by atoms with Crippen LogP contribution in [0.5, 0.6) is 0 Å². The Labute approximate surface area is 136 Å². The van der Waals surface area contributed by atoms with Gasteiger partial charge < -0.3 is 4.90 Å². The van der Waals surface area contributed by atoms with Gasteiger partial charge in [-0.1, -0.05) is 19.3 Å². The number of carbonyl (C=O) groups excluding carboxylic acids is 1. The summed E-state index contributed by atoms with van der Waals surface area (Å²) in [5.74, 6) is 0.913. The second-order valence-corrected chi connectivity index (χ2v) is 6.61. The number of carbonyl (C=O) groups is 1. The zero-order valence-corrected chi connectivity index (χ0v) is 13.3. The summed E-state index contributed by atoms with van der Waals surface area (Å²) in [6.45, 7) is 0. The summed E-state index contributed by atoms with van der Waals surface area (Å²) >= 11 is 0. The van der Waals surface area contributed by atoms with E-state index in [1.807, 2.05) is 22.9 Å². The Morgan fingerprint density at radius 2 is 1.87 bits per heavy atom. The minimum Gasteiger partial charge on any atom is -0.333 e. The van der Waals surface area contributed by atoms with Crippen molar-refractivity contribution >= 4 is 5.91 Å². The average Bonchev–Trinajstić information content (AvgIpc) is 3.27. The van der Waals surface area contributed by atoms with Gasteiger partial charge in [0.15, 0.2) is 0 Å². The Morgan fingerprint density at radius 3 is 2.57 bits per heavy atom. The Hall–Kier alpha value is -2.17. The molecule has 2 aliphatic rings. The molecule has 2 heterocycles. The third-order valence-corrected chi connectivity index (χ3v) is 4.90. The van der Waals surface area contributed by atoms with E-state index in [2.05, 4.69) is 14.9 Å². The zero-order chi connectivity index (χ0) is 15.6. The molecule has 0 N–H and O–H groups in total. The molecule has 0 spiro atoms. The smallest absolute Gasteiger partial charge is 0.254 e. The van der Waals surface area contributed by atoms with Crippen LogP contribution in [-0.2, 0) is 0 Å². The minimum absolute atomic E-state index is 0.170. The van der Waals surface area contributed by atoms with Gasteiger partial charge in [-0.3, -0.25) is 9.36 Å². The maximum absolute atomic E-state index is 13.1. The molecular weight excluding hydrogens is 288 g/mol. The molecule has 0 bridgehead atoms. The van der Waals surface area contributed by atoms with Crippen LogP contribution in [0.25, 0.3) is 5.82 Å². The molecular formula is C18H22N4O. The highest BCUT2D eigenvalue weighted by molar-refractivity contribution is 5.95. The number of nitrogens with zero attached hydrogens (tertiary/aromatic N) is 4. The molecule has 2 fully saturated rings. The molecule has 5 heteroatoms. The molecule has 1 amide bonds. The highest BCUT2D eigenvalue weighted by atomic mass is 16.2. The van der Waals surface area contributed by atoms with Gasteiger partial charge in [0.25, 0.3) is 5.91 Å². The summed E-state index contributed by atoms with van der Waals surface area (Å²) < 4.78 is 1.83. The molecule has 2 aromatic heterocycles. The van der Waals surface area contributed by atoms with Crippen molar-refractivity contribution in [3.8, 4) is 5.82 Å². The minimum atomic E-state index is 0.170. The zero-order valence-electron chi connectivity index (χ0n) is 13.3. The number of imidazole rings is 1. The van der Waals surface area contributed by atoms with Gasteiger partial charge >= 0.3 is 0 Å². The van der Waals surface area contributed by atoms with E-state index in [4.69, 9.17) is 0 Å². The number of rotatable bonds is 4. The highest BCUT2D eigenvalue weighted by Gasteiger charge is 2.38. The molecule has 0 aromatic carbocycles. The van der Waals surface area contributed by atoms with Crippen molar-refractivity contribution in [2.45, 2.75) is 57.0 Å². The van der Waals surface area contributed by atoms with Crippen LogP contribution in [0, 0.1) is 0 Å². The Balaban J connectivity index is 1.60. The predicted octanol–water partition coefficient (Wildman–Crippen LogP) is 3.20. The first-order valence-corrected chi connectivity index (χ1v) is 8.60. The van der Waals surface area contributed by atoms with Crippen molar-refractivity contribution in [2.75, 3.05) is 0 Å². The lowest BCUT2D eigenvalue weighted by atomic mass is 9.93. The average molecular weight is 310 g/mol. The van der Waals surface area contributed by atoms with Crippen LogP contribution in [0.3, 0.4) is 0 Å². The van der Waals surface area contributed by atoms with E-state index >= 15 is 0 Å². The van der Waals surface area contributed by atoms with Crippen molar-refractivity contribution in [2.24, 2.45) is 0 Å². The second-order valence-electron chi connectivity index (χ2n) is 6.61. The Kier molecular flexibility index (Phi) is 3.85. The van der Waals surface area contributed by atoms with E-state index in [9.17, 15) is 4.79 Å². The summed E-state index contributed by atoms with van der Waals surface area (Å²) in [4.78, 5) is 23.7. The van der Waals surface area contributed by atoms with Crippen molar-refractivity contribution in [3.05, 3.63) is 42.6 Å². The summed E-state index contributed by atoms with van der Waals surface area (Å²) in [5.41, 5.74) is 0.737. The molecule has 4 rings (SSSR count). The first-order valence-electron chi connectivity index (χ1n) is 8.60. The quantitative estimate of drug-likeness (QED) is 0.871. The fourth-order valence-electron chi connectivity index (χ4n) is 3.58. The molecule has 0 unspecified atom stereocenters. The number of hydrogen-bond acceptors (Lipinski definition) is 3. The Morgan fingerprint density at radius 1 is 1.09 bits per heavy atom. The van der Waals surface area contributed by atoms with E-state index in [1.165, 1.54) is 19.3 Å². The normalized spacial score (nSPS) is 18.8. The molecule has 5 nitrogen and oxygen atoms in total. The number of pyridine rings is 1. The maximum Gasteiger partial charge on any atom is 0.254 e. The Bertz CT molecular complexity index is 672. The van der Waals surface area contributed by atoms with Crippen molar-refractivity contribution in [1.82, 2.24) is 19.4 Å². The molecule has 120 valence electrons. The fourth-order valence-corrected chi connectivity index (χ4v) is 3.58. The van der Waals surface area contributed by atoms with E-state index in [1.54, 1.807) is 18.7 Å². The van der Waals surface area contributed by atoms with E-state index in [0.29, 0.717) is 12.1 Å². The van der Waals surface area contributed by atoms with Gasteiger partial charge in [-0.25, -0.2) is 9.97 Å². The van der Waals surface area contributed by atoms with Crippen molar-refractivity contribution in [3.63, 3.8) is 0 Å². The molecule has 0 radical (unpaired) electrons. The highest BCUT2D eigenvalue weighted by Crippen LogP contribution is 2.35. The maximum atomic E-state index is 13.1. The third-order valence-electron chi connectivity index (χ3n) is 4.90. The number of amides is 1. The van der Waals surface area contributed by atoms with Crippen LogP contribution < -0.4 is 0 Å². The van der Waals surface area contributed by atoms with Crippen LogP contribution in [0.15, 0.2) is 37.1 Å². The van der Waals surface area contributed by atoms with Crippen LogP contribution in [0.1, 0.15) is 55.3 Å². The molecule has 2 saturated carbocycles. The fraction of sp³-hybridized carbons (Fsp3) is 0.500. The summed E-state index contributed by atoms with van der Waals surface area (Å²) in [6.07, 6.45) is 15.4. The largest absolute Gasteiger partial charge is 0.333 e. The van der Waals surface area contributed by atoms with Crippen molar-refractivity contribution in [1.29, 1.82) is 0 Å². The van der Waals surface area contributed by atoms with Gasteiger partial charge in [-0.15, -0.1) is 0 Å². The van der Waals surface area contributed by atoms with Gasteiger partial charge in [0.05, 0.1) is 0 Å². The summed E-state index contributed by atoms with van der Waals surface area (Å²) in [6, 6.07) is 4.59. The first-order chi connectivity index (χ1) is 11.3. The van der Waals surface area contributed by atoms with Gasteiger partial charge in [0.2, 0.25) is 0 Å². The predicted molar refractivity (Wildman–Crippen MR) is 87.4 cm³/mol. The van der Waals surface area contributed by atoms with Crippen LogP contribution in [-0.4, -0.2) is 37.4 Å². The van der Waals surface area contributed by atoms with Crippen molar-refractivity contribution < 1.29 is 4.79 Å². The molecule has 0 saturated heterocycles. The molecule has 2 aliphatic carbocycles. The molecule has 2 aromatic rings. The number of aromatic nitrogens is 3. The topological polar surface area (TPSA) is 51.0 Å². The third kappa shape index (κ3) is 3.00. The molecule has 23 heavy (non-hydrogen) atoms. The lowest BCUT2D eigenvalue weighted by Crippen LogP contribution is -2.43. The molecule has 0 aliphatic heterocycles. The summed E-state index contributed by atoms with van der Waals surface area (Å²) in [7, 11) is 0. The van der Waals surface area contributed by atoms with Gasteiger partial charge in [-0.05, 0) is 37.8 Å². The SMILES string of the molecule is O=C(c1ccnc(-n2ccnc2)c1)N(C1CCCCC1)C1CC1. The van der Waals surface area contributed by atoms with E-state index < -0.39 is 0 Å². The van der Waals surface area contributed by atoms with Gasteiger partial charge in [0.1, 0.15) is 12.1 Å². The van der Waals surface area contributed by atoms with Crippen LogP contribution >= 0.6 is 0 Å². The number of hydrogen-bond donors (Lipinski definition) is 0. The van der Waals surface area contributed by atoms with Gasteiger partial charge in [0, 0.05) is 36.2 Å². The van der Waals surface area contributed by atoms with Crippen LogP contribution in [0.4, 0.5) is 0 Å². The first kappa shape index (κ1) is 14.4. The molecule has 0 atom stereocenters. The van der Waals surface area contributed by atoms with E-state index in [-0.39, 0.29) is 5.91 Å². The summed E-state index contributed by atoms with van der Waals surface area (Å²) in [5, 5.41) is 0. The monoisotopic (exact) mass is 310 g/mol. The lowest BCUT2D eigenvalue weighted by Gasteiger charge is -2.34. The van der Waals surface area contributed by atoms with E-state index in [0.717, 1.165) is 37.1 Å². The second kappa shape index (κ2) is 6.14. The van der Waals surface area contributed by atoms with Crippen LogP contribution in [0.2, 0.25) is 0 Å². The van der Waals surface area contributed by atoms with Gasteiger partial charge in [-0.2, -0.15) is 0 Å². The lowest BCUT2D eigenvalue weighted by molar-refractivity contribution is 0.0614. The standard InChI is InChI=1S/C18H22N4O/c23-18(22(16-6-7-16)15-4-2-1-3-5-15)14-8-9-20-17(12-14)21-11-10-19-13-21/h8-13,15-16H,1-7H2.